The van der Waals surface area contributed by atoms with Gasteiger partial charge in [0, 0.05) is 32.0 Å². The summed E-state index contributed by atoms with van der Waals surface area (Å²) in [5.74, 6) is 0.370. The minimum absolute atomic E-state index is 0.128. The van der Waals surface area contributed by atoms with E-state index in [0.717, 1.165) is 6.42 Å². The Morgan fingerprint density at radius 3 is 2.88 bits per heavy atom. The summed E-state index contributed by atoms with van der Waals surface area (Å²) in [6.07, 6.45) is 2.31. The highest BCUT2D eigenvalue weighted by Gasteiger charge is 2.05. The Morgan fingerprint density at radius 1 is 1.47 bits per heavy atom. The number of carbonyl (C=O) groups excluding carboxylic acids is 1. The van der Waals surface area contributed by atoms with Crippen LogP contribution in [0.25, 0.3) is 0 Å². The van der Waals surface area contributed by atoms with Crippen LogP contribution in [0.15, 0.2) is 18.3 Å². The summed E-state index contributed by atoms with van der Waals surface area (Å²) in [6.45, 7) is 3.92. The molecule has 17 heavy (non-hydrogen) atoms. The summed E-state index contributed by atoms with van der Waals surface area (Å²) in [6, 6.07) is 3.35. The Labute approximate surface area is 101 Å². The maximum Gasteiger partial charge on any atom is 0.252 e. The molecular weight excluding hydrogens is 220 g/mol. The number of pyridine rings is 1. The first-order chi connectivity index (χ1) is 8.27. The zero-order chi connectivity index (χ0) is 12.5. The molecule has 1 amide bonds. The molecule has 0 saturated carbocycles. The largest absolute Gasteiger partial charge is 0.481 e. The van der Waals surface area contributed by atoms with Crippen LogP contribution < -0.4 is 10.1 Å². The zero-order valence-electron chi connectivity index (χ0n) is 10.2. The average Bonchev–Trinajstić information content (AvgIpc) is 2.38. The maximum atomic E-state index is 11.6. The van der Waals surface area contributed by atoms with Crippen molar-refractivity contribution in [3.63, 3.8) is 0 Å². The molecule has 0 saturated heterocycles. The first-order valence-corrected chi connectivity index (χ1v) is 5.64. The Bertz CT molecular complexity index is 338. The maximum absolute atomic E-state index is 11.6. The summed E-state index contributed by atoms with van der Waals surface area (Å²) < 4.78 is 10.1. The van der Waals surface area contributed by atoms with Gasteiger partial charge in [-0.25, -0.2) is 4.98 Å². The number of carbonyl (C=O) groups is 1. The van der Waals surface area contributed by atoms with E-state index in [1.807, 2.05) is 6.92 Å². The molecule has 94 valence electrons. The van der Waals surface area contributed by atoms with Gasteiger partial charge >= 0.3 is 0 Å². The molecule has 0 radical (unpaired) electrons. The van der Waals surface area contributed by atoms with Crippen LogP contribution in [0.5, 0.6) is 5.88 Å². The van der Waals surface area contributed by atoms with E-state index in [1.165, 1.54) is 13.3 Å². The molecular formula is C12H18N2O3. The minimum atomic E-state index is -0.128. The van der Waals surface area contributed by atoms with E-state index < -0.39 is 0 Å². The smallest absolute Gasteiger partial charge is 0.252 e. The molecule has 0 bridgehead atoms. The molecule has 1 N–H and O–H groups in total. The van der Waals surface area contributed by atoms with Crippen molar-refractivity contribution in [3.8, 4) is 5.88 Å². The van der Waals surface area contributed by atoms with E-state index in [4.69, 9.17) is 9.47 Å². The van der Waals surface area contributed by atoms with Crippen LogP contribution in [0.2, 0.25) is 0 Å². The number of hydrogen-bond acceptors (Lipinski definition) is 4. The molecule has 0 aliphatic heterocycles. The third-order valence-corrected chi connectivity index (χ3v) is 2.16. The first-order valence-electron chi connectivity index (χ1n) is 5.64. The second kappa shape index (κ2) is 7.62. The summed E-state index contributed by atoms with van der Waals surface area (Å²) in [4.78, 5) is 15.6. The normalized spacial score (nSPS) is 10.0. The Balaban J connectivity index is 2.31. The third-order valence-electron chi connectivity index (χ3n) is 2.16. The van der Waals surface area contributed by atoms with Gasteiger partial charge in [0.2, 0.25) is 5.88 Å². The van der Waals surface area contributed by atoms with Crippen molar-refractivity contribution in [1.29, 1.82) is 0 Å². The lowest BCUT2D eigenvalue weighted by molar-refractivity contribution is 0.0944. The SMILES string of the molecule is CCOCCCNC(=O)c1ccc(OC)nc1. The first kappa shape index (κ1) is 13.4. The van der Waals surface area contributed by atoms with Crippen molar-refractivity contribution in [1.82, 2.24) is 10.3 Å². The minimum Gasteiger partial charge on any atom is -0.481 e. The molecule has 5 nitrogen and oxygen atoms in total. The van der Waals surface area contributed by atoms with Gasteiger partial charge in [-0.05, 0) is 19.4 Å². The van der Waals surface area contributed by atoms with Gasteiger partial charge in [-0.3, -0.25) is 4.79 Å². The number of aromatic nitrogens is 1. The summed E-state index contributed by atoms with van der Waals surface area (Å²) in [5, 5.41) is 2.80. The Morgan fingerprint density at radius 2 is 2.29 bits per heavy atom. The molecule has 0 aliphatic rings. The number of amides is 1. The quantitative estimate of drug-likeness (QED) is 0.726. The summed E-state index contributed by atoms with van der Waals surface area (Å²) in [5.41, 5.74) is 0.530. The second-order valence-corrected chi connectivity index (χ2v) is 3.40. The molecule has 0 aliphatic carbocycles. The van der Waals surface area contributed by atoms with Crippen LogP contribution in [0.4, 0.5) is 0 Å². The number of methoxy groups -OCH3 is 1. The highest BCUT2D eigenvalue weighted by Crippen LogP contribution is 2.06. The number of hydrogen-bond donors (Lipinski definition) is 1. The lowest BCUT2D eigenvalue weighted by Gasteiger charge is -2.05. The van der Waals surface area contributed by atoms with Gasteiger partial charge < -0.3 is 14.8 Å². The van der Waals surface area contributed by atoms with Gasteiger partial charge in [-0.15, -0.1) is 0 Å². The molecule has 0 spiro atoms. The third kappa shape index (κ3) is 4.82. The van der Waals surface area contributed by atoms with Crippen LogP contribution in [-0.2, 0) is 4.74 Å². The molecule has 1 aromatic heterocycles. The van der Waals surface area contributed by atoms with Crippen LogP contribution in [0.1, 0.15) is 23.7 Å². The lowest BCUT2D eigenvalue weighted by atomic mass is 10.2. The predicted octanol–water partition coefficient (Wildman–Crippen LogP) is 1.25. The van der Waals surface area contributed by atoms with E-state index in [1.54, 1.807) is 12.1 Å². The highest BCUT2D eigenvalue weighted by molar-refractivity contribution is 5.93. The van der Waals surface area contributed by atoms with Gasteiger partial charge in [-0.1, -0.05) is 0 Å². The van der Waals surface area contributed by atoms with Crippen molar-refractivity contribution >= 4 is 5.91 Å². The lowest BCUT2D eigenvalue weighted by Crippen LogP contribution is -2.25. The second-order valence-electron chi connectivity index (χ2n) is 3.40. The molecule has 0 unspecified atom stereocenters. The van der Waals surface area contributed by atoms with Crippen molar-refractivity contribution < 1.29 is 14.3 Å². The summed E-state index contributed by atoms with van der Waals surface area (Å²) in [7, 11) is 1.54. The highest BCUT2D eigenvalue weighted by atomic mass is 16.5. The number of nitrogens with one attached hydrogen (secondary N) is 1. The molecule has 0 fully saturated rings. The van der Waals surface area contributed by atoms with E-state index in [2.05, 4.69) is 10.3 Å². The van der Waals surface area contributed by atoms with Crippen LogP contribution >= 0.6 is 0 Å². The fraction of sp³-hybridized carbons (Fsp3) is 0.500. The monoisotopic (exact) mass is 238 g/mol. The van der Waals surface area contributed by atoms with E-state index in [0.29, 0.717) is 31.2 Å². The molecule has 0 aromatic carbocycles. The van der Waals surface area contributed by atoms with E-state index in [9.17, 15) is 4.79 Å². The fourth-order valence-electron chi connectivity index (χ4n) is 1.26. The standard InChI is InChI=1S/C12H18N2O3/c1-3-17-8-4-7-13-12(15)10-5-6-11(16-2)14-9-10/h5-6,9H,3-4,7-8H2,1-2H3,(H,13,15). The van der Waals surface area contributed by atoms with Gasteiger partial charge in [0.1, 0.15) is 0 Å². The fourth-order valence-corrected chi connectivity index (χ4v) is 1.26. The van der Waals surface area contributed by atoms with Crippen molar-refractivity contribution in [2.24, 2.45) is 0 Å². The molecule has 1 aromatic rings. The number of rotatable bonds is 7. The van der Waals surface area contributed by atoms with Gasteiger partial charge in [0.15, 0.2) is 0 Å². The molecule has 0 atom stereocenters. The zero-order valence-corrected chi connectivity index (χ0v) is 10.2. The van der Waals surface area contributed by atoms with E-state index >= 15 is 0 Å². The number of nitrogens with zero attached hydrogens (tertiary/aromatic N) is 1. The number of ether oxygens (including phenoxy) is 2. The van der Waals surface area contributed by atoms with E-state index in [-0.39, 0.29) is 5.91 Å². The molecule has 1 rings (SSSR count). The van der Waals surface area contributed by atoms with Crippen molar-refractivity contribution in [2.45, 2.75) is 13.3 Å². The van der Waals surface area contributed by atoms with Crippen LogP contribution in [0.3, 0.4) is 0 Å². The van der Waals surface area contributed by atoms with Gasteiger partial charge in [-0.2, -0.15) is 0 Å². The molecule has 5 heteroatoms. The molecule has 1 heterocycles. The summed E-state index contributed by atoms with van der Waals surface area (Å²) >= 11 is 0. The van der Waals surface area contributed by atoms with Gasteiger partial charge in [0.25, 0.3) is 5.91 Å². The van der Waals surface area contributed by atoms with Crippen molar-refractivity contribution in [3.05, 3.63) is 23.9 Å². The van der Waals surface area contributed by atoms with Crippen LogP contribution in [0, 0.1) is 0 Å². The van der Waals surface area contributed by atoms with Crippen molar-refractivity contribution in [2.75, 3.05) is 26.9 Å². The Kier molecular flexibility index (Phi) is 6.03. The van der Waals surface area contributed by atoms with Crippen LogP contribution in [-0.4, -0.2) is 37.8 Å². The predicted molar refractivity (Wildman–Crippen MR) is 64.2 cm³/mol. The topological polar surface area (TPSA) is 60.5 Å². The Hall–Kier alpha value is -1.62. The van der Waals surface area contributed by atoms with Gasteiger partial charge in [0.05, 0.1) is 12.7 Å². The average molecular weight is 238 g/mol.